The Kier molecular flexibility index (Phi) is 34.1. The van der Waals surface area contributed by atoms with Gasteiger partial charge in [0.15, 0.2) is 5.78 Å². The van der Waals surface area contributed by atoms with E-state index in [4.69, 9.17) is 87.3 Å². The zero-order valence-corrected chi connectivity index (χ0v) is 59.4. The van der Waals surface area contributed by atoms with E-state index < -0.39 is 115 Å². The minimum absolute atomic E-state index is 0.105. The number of fused-ring (bicyclic) bond motifs is 6. The molecule has 0 amide bonds. The van der Waals surface area contributed by atoms with Crippen LogP contribution >= 0.6 is 34.8 Å². The molecule has 0 spiro atoms. The lowest BCUT2D eigenvalue weighted by molar-refractivity contribution is -0.166. The number of Topliss-reactive ketones (excluding diaryl/α,β-unsaturated/α-hetero) is 1. The zero-order valence-electron chi connectivity index (χ0n) is 57.2. The van der Waals surface area contributed by atoms with Crippen LogP contribution in [0.5, 0.6) is 0 Å². The van der Waals surface area contributed by atoms with Crippen LogP contribution in [0.1, 0.15) is 178 Å². The molecule has 0 aromatic carbocycles. The van der Waals surface area contributed by atoms with Gasteiger partial charge in [-0.1, -0.05) is 107 Å². The lowest BCUT2D eigenvalue weighted by atomic mass is 10.00. The minimum atomic E-state index is -1.18. The summed E-state index contributed by atoms with van der Waals surface area (Å²) < 4.78 is 56.3. The molecule has 7 aliphatic heterocycles. The van der Waals surface area contributed by atoms with Gasteiger partial charge in [0.05, 0.1) is 62.9 Å². The van der Waals surface area contributed by atoms with E-state index in [1.165, 1.54) is 32.9 Å². The van der Waals surface area contributed by atoms with Gasteiger partial charge < -0.3 is 67.8 Å². The molecule has 7 heterocycles. The topological polar surface area (TPSA) is 327 Å². The second-order valence-corrected chi connectivity index (χ2v) is 27.1. The molecule has 0 aliphatic carbocycles. The quantitative estimate of drug-likeness (QED) is 0.0543. The van der Waals surface area contributed by atoms with Crippen LogP contribution in [0.2, 0.25) is 0 Å². The van der Waals surface area contributed by atoms with Gasteiger partial charge in [-0.05, 0) is 129 Å². The van der Waals surface area contributed by atoms with Crippen LogP contribution in [0.25, 0.3) is 0 Å². The molecule has 3 fully saturated rings. The summed E-state index contributed by atoms with van der Waals surface area (Å²) in [6, 6.07) is 0. The van der Waals surface area contributed by atoms with E-state index in [0.29, 0.717) is 114 Å². The van der Waals surface area contributed by atoms with Crippen LogP contribution in [-0.4, -0.2) is 172 Å². The van der Waals surface area contributed by atoms with Crippen molar-refractivity contribution in [2.45, 2.75) is 269 Å². The van der Waals surface area contributed by atoms with E-state index in [1.807, 2.05) is 49.5 Å². The number of rotatable bonds is 14. The normalized spacial score (nSPS) is 32.0. The molecule has 98 heavy (non-hydrogen) atoms. The predicted octanol–water partition coefficient (Wildman–Crippen LogP) is 10.7. The molecule has 6 unspecified atom stereocenters. The summed E-state index contributed by atoms with van der Waals surface area (Å²) in [4.78, 5) is 107. The first-order valence-corrected chi connectivity index (χ1v) is 34.1. The summed E-state index contributed by atoms with van der Waals surface area (Å²) in [5, 5.41) is 42.6. The van der Waals surface area contributed by atoms with Crippen molar-refractivity contribution < 1.29 is 111 Å². The number of esters is 7. The highest BCUT2D eigenvalue weighted by atomic mass is 35.5. The van der Waals surface area contributed by atoms with Crippen LogP contribution in [-0.2, 0) is 90.5 Å². The zero-order chi connectivity index (χ0) is 72.5. The van der Waals surface area contributed by atoms with Crippen molar-refractivity contribution in [3.63, 3.8) is 0 Å². The van der Waals surface area contributed by atoms with Crippen molar-refractivity contribution in [3.8, 4) is 0 Å². The van der Waals surface area contributed by atoms with Gasteiger partial charge in [-0.2, -0.15) is 0 Å². The third kappa shape index (κ3) is 29.0. The van der Waals surface area contributed by atoms with Crippen LogP contribution in [0, 0.1) is 0 Å². The molecular formula is C72H95Cl3O23. The number of carboxylic acid groups (broad SMARTS) is 1. The first kappa shape index (κ1) is 82.1. The molecule has 7 rings (SSSR count). The number of carboxylic acids is 1. The molecule has 4 N–H and O–H groups in total. The van der Waals surface area contributed by atoms with E-state index >= 15 is 0 Å². The van der Waals surface area contributed by atoms with Crippen molar-refractivity contribution in [3.05, 3.63) is 115 Å². The number of cyclic esters (lactones) is 1. The molecule has 6 bridgehead atoms. The van der Waals surface area contributed by atoms with E-state index in [-0.39, 0.29) is 80.8 Å². The summed E-state index contributed by atoms with van der Waals surface area (Å²) in [5.41, 5.74) is 4.18. The summed E-state index contributed by atoms with van der Waals surface area (Å²) in [7, 11) is 0. The van der Waals surface area contributed by atoms with E-state index in [0.717, 1.165) is 11.1 Å². The van der Waals surface area contributed by atoms with Gasteiger partial charge in [0.2, 0.25) is 0 Å². The molecule has 0 aromatic rings. The fourth-order valence-corrected chi connectivity index (χ4v) is 12.3. The standard InChI is InChI=1S/C28H37ClO9.C23H29ClO7.C21H29ClO7/c1-16(12-26(33)35-15-18(3)19(4)30)11-23(32)28-25-13-22(37-28)10-9-21(29)8-6-7-17(2)24(36-20(5)31)14-27(34)38-25;1-13-9-19(30-21(26)10-13)23-20-11-17(29-23)8-7-16(24)6-4-5-14(2)18(28-15(3)25)12-22(27)31-20;1-12(9-19(25)26)8-17(24)21-18-10-15(28-21)7-6-14(22)5-3-4-13(2)16(23)11-20(27)29-18/h7-8,11,22-25,28,32H,3,6,9-10,12-15H2,1-2,4-5H3;5-6,9,17-20,23H,4,7-8,10-12H2,1-3H3;4-5,8,15-18,21,23-24H,3,6-7,9-11H2,1-2H3,(H,25,26)/b16-11+,17-7-,21-8-;14-5?,16-6-;12-8+,13-4-,14-5-/t22?,23-,24+,25?,28+;17?,18-,19+,20?,23-;15?,16-,17+,18?,21-/m100/s1. The fourth-order valence-electron chi connectivity index (χ4n) is 11.7. The third-order valence-corrected chi connectivity index (χ3v) is 18.0. The molecular weight excluding hydrogens is 1340 g/mol. The number of aliphatic hydroxyl groups excluding tert-OH is 3. The van der Waals surface area contributed by atoms with E-state index in [2.05, 4.69) is 6.58 Å². The summed E-state index contributed by atoms with van der Waals surface area (Å²) in [5.74, 6) is -4.81. The SMILES string of the molecule is C/C1=C/C/C=C(\Cl)CCC2CC(OC(=O)C[C@@H]1O)[C@H]([C@H](O)/C=C(\C)CC(=O)O)O2.C=C(COC(=O)C/C(C)=C/[C@@H](O)[C@@H]1OC2CC/C(Cl)=C/C/C=C(/C)[C@@H](OC(C)=O)CC(=O)OC1C2)C(C)=O.CC(=O)O[C@H]1CC(=O)OC2CC(CC/C(Cl)=C/CC=C1C)O[C@H]2[C@H]1C=C(C)CC(=O)O1. The highest BCUT2D eigenvalue weighted by molar-refractivity contribution is 6.30. The molecule has 7 aliphatic rings. The van der Waals surface area contributed by atoms with Crippen molar-refractivity contribution in [1.29, 1.82) is 0 Å². The molecule has 23 nitrogen and oxygen atoms in total. The monoisotopic (exact) mass is 1430 g/mol. The number of hydrogen-bond donors (Lipinski definition) is 4. The first-order valence-electron chi connectivity index (χ1n) is 33.0. The van der Waals surface area contributed by atoms with Crippen LogP contribution in [0.4, 0.5) is 0 Å². The Morgan fingerprint density at radius 2 is 1.00 bits per heavy atom. The minimum Gasteiger partial charge on any atom is -0.481 e. The Morgan fingerprint density at radius 1 is 0.582 bits per heavy atom. The number of aliphatic carboxylic acids is 1. The molecule has 542 valence electrons. The summed E-state index contributed by atoms with van der Waals surface area (Å²) in [6.45, 7) is 17.7. The van der Waals surface area contributed by atoms with E-state index in [9.17, 15) is 58.5 Å². The predicted molar refractivity (Wildman–Crippen MR) is 361 cm³/mol. The van der Waals surface area contributed by atoms with Gasteiger partial charge in [-0.15, -0.1) is 0 Å². The molecule has 15 atom stereocenters. The second-order valence-electron chi connectivity index (χ2n) is 25.6. The second kappa shape index (κ2) is 40.6. The summed E-state index contributed by atoms with van der Waals surface area (Å²) in [6.07, 6.45) is 11.4. The number of allylic oxidation sites excluding steroid dienone is 9. The maximum atomic E-state index is 12.8. The maximum absolute atomic E-state index is 12.8. The Morgan fingerprint density at radius 3 is 1.44 bits per heavy atom. The number of ketones is 1. The van der Waals surface area contributed by atoms with Gasteiger partial charge >= 0.3 is 47.8 Å². The van der Waals surface area contributed by atoms with E-state index in [1.54, 1.807) is 34.6 Å². The van der Waals surface area contributed by atoms with Crippen LogP contribution < -0.4 is 0 Å². The number of carbonyl (C=O) groups excluding carboxylic acids is 8. The average molecular weight is 1430 g/mol. The highest BCUT2D eigenvalue weighted by Crippen LogP contribution is 2.36. The Balaban J connectivity index is 0.000000268. The number of aliphatic hydroxyl groups is 3. The van der Waals surface area contributed by atoms with Gasteiger partial charge in [0.25, 0.3) is 0 Å². The number of ether oxygens (including phenoxy) is 10. The van der Waals surface area contributed by atoms with Crippen molar-refractivity contribution in [1.82, 2.24) is 0 Å². The smallest absolute Gasteiger partial charge is 0.310 e. The Bertz CT molecular complexity index is 3170. The Labute approximate surface area is 587 Å². The van der Waals surface area contributed by atoms with Gasteiger partial charge in [-0.3, -0.25) is 43.2 Å². The van der Waals surface area contributed by atoms with Crippen LogP contribution in [0.3, 0.4) is 0 Å². The lowest BCUT2D eigenvalue weighted by Gasteiger charge is -2.28. The molecule has 0 radical (unpaired) electrons. The Hall–Kier alpha value is -6.54. The first-order chi connectivity index (χ1) is 46.2. The largest absolute Gasteiger partial charge is 0.481 e. The van der Waals surface area contributed by atoms with Crippen molar-refractivity contribution >= 4 is 88.3 Å². The fraction of sp³-hybridized carbons (Fsp3) is 0.597. The maximum Gasteiger partial charge on any atom is 0.310 e. The highest BCUT2D eigenvalue weighted by Gasteiger charge is 2.46. The van der Waals surface area contributed by atoms with Gasteiger partial charge in [0.1, 0.15) is 73.8 Å². The van der Waals surface area contributed by atoms with Crippen molar-refractivity contribution in [2.24, 2.45) is 0 Å². The number of halogens is 3. The summed E-state index contributed by atoms with van der Waals surface area (Å²) >= 11 is 19.0. The third-order valence-electron chi connectivity index (χ3n) is 17.0. The number of carbonyl (C=O) groups is 9. The average Bonchev–Trinajstić information content (AvgIpc) is 1.79. The van der Waals surface area contributed by atoms with Crippen molar-refractivity contribution in [2.75, 3.05) is 6.61 Å². The van der Waals surface area contributed by atoms with Crippen LogP contribution in [0.15, 0.2) is 115 Å². The molecule has 0 aromatic heterocycles. The lowest BCUT2D eigenvalue weighted by Crippen LogP contribution is -2.41. The molecule has 3 saturated heterocycles. The van der Waals surface area contributed by atoms with Gasteiger partial charge in [0, 0.05) is 53.8 Å². The molecule has 0 saturated carbocycles. The van der Waals surface area contributed by atoms with Gasteiger partial charge in [-0.25, -0.2) is 0 Å². The number of hydrogen-bond acceptors (Lipinski definition) is 22. The molecule has 26 heteroatoms.